The molecule has 8 heteroatoms. The van der Waals surface area contributed by atoms with Gasteiger partial charge in [0.05, 0.1) is 23.8 Å². The van der Waals surface area contributed by atoms with Crippen molar-refractivity contribution in [2.24, 2.45) is 0 Å². The lowest BCUT2D eigenvalue weighted by molar-refractivity contribution is 0.595. The Morgan fingerprint density at radius 2 is 1.08 bits per heavy atom. The fraction of sp³-hybridized carbons (Fsp3) is 0.444. The lowest BCUT2D eigenvalue weighted by Crippen LogP contribution is -2.29. The standard InChI is InChI=1S/C18H26Br2N6/c19-15-9-17(13-23-11-15)25-5-1-3-21-7-8-22-4-2-6-26-18-10-16(20)12-24-14-18/h9-14,21-22,25-26H,1-8H2. The van der Waals surface area contributed by atoms with Gasteiger partial charge in [-0.1, -0.05) is 0 Å². The first-order chi connectivity index (χ1) is 12.7. The van der Waals surface area contributed by atoms with Gasteiger partial charge in [0, 0.05) is 47.5 Å². The summed E-state index contributed by atoms with van der Waals surface area (Å²) in [6.45, 7) is 5.87. The van der Waals surface area contributed by atoms with Gasteiger partial charge < -0.3 is 21.3 Å². The summed E-state index contributed by atoms with van der Waals surface area (Å²) < 4.78 is 1.99. The number of anilines is 2. The molecule has 0 aliphatic carbocycles. The lowest BCUT2D eigenvalue weighted by Gasteiger charge is -2.09. The molecular formula is C18H26Br2N6. The van der Waals surface area contributed by atoms with Crippen molar-refractivity contribution >= 4 is 43.2 Å². The highest BCUT2D eigenvalue weighted by molar-refractivity contribution is 9.10. The van der Waals surface area contributed by atoms with Crippen molar-refractivity contribution in [1.29, 1.82) is 0 Å². The smallest absolute Gasteiger partial charge is 0.0538 e. The number of hydrogen-bond acceptors (Lipinski definition) is 6. The van der Waals surface area contributed by atoms with Gasteiger partial charge in [-0.15, -0.1) is 0 Å². The van der Waals surface area contributed by atoms with Crippen LogP contribution in [0.25, 0.3) is 0 Å². The van der Waals surface area contributed by atoms with Crippen LogP contribution in [0.4, 0.5) is 11.4 Å². The van der Waals surface area contributed by atoms with Gasteiger partial charge in [-0.05, 0) is 69.9 Å². The van der Waals surface area contributed by atoms with Crippen molar-refractivity contribution in [3.63, 3.8) is 0 Å². The van der Waals surface area contributed by atoms with Crippen molar-refractivity contribution in [2.75, 3.05) is 49.9 Å². The third kappa shape index (κ3) is 9.47. The molecule has 0 unspecified atom stereocenters. The van der Waals surface area contributed by atoms with Gasteiger partial charge in [-0.2, -0.15) is 0 Å². The van der Waals surface area contributed by atoms with E-state index in [0.29, 0.717) is 0 Å². The average molecular weight is 486 g/mol. The van der Waals surface area contributed by atoms with Crippen molar-refractivity contribution in [2.45, 2.75) is 12.8 Å². The number of pyridine rings is 2. The van der Waals surface area contributed by atoms with Crippen molar-refractivity contribution in [1.82, 2.24) is 20.6 Å². The Balaban J connectivity index is 1.36. The average Bonchev–Trinajstić information content (AvgIpc) is 2.63. The zero-order valence-corrected chi connectivity index (χ0v) is 17.9. The van der Waals surface area contributed by atoms with E-state index in [4.69, 9.17) is 0 Å². The Bertz CT molecular complexity index is 585. The highest BCUT2D eigenvalue weighted by atomic mass is 79.9. The molecule has 0 saturated heterocycles. The number of aromatic nitrogens is 2. The van der Waals surface area contributed by atoms with Crippen LogP contribution in [-0.4, -0.2) is 49.2 Å². The van der Waals surface area contributed by atoms with Crippen LogP contribution in [0.15, 0.2) is 45.9 Å². The minimum absolute atomic E-state index is 0.939. The van der Waals surface area contributed by atoms with Crippen molar-refractivity contribution in [3.05, 3.63) is 45.9 Å². The topological polar surface area (TPSA) is 73.9 Å². The maximum atomic E-state index is 4.13. The maximum absolute atomic E-state index is 4.13. The summed E-state index contributed by atoms with van der Waals surface area (Å²) in [7, 11) is 0. The second kappa shape index (κ2) is 13.0. The molecule has 0 aliphatic rings. The molecule has 0 saturated carbocycles. The molecule has 2 rings (SSSR count). The van der Waals surface area contributed by atoms with Crippen LogP contribution in [0.2, 0.25) is 0 Å². The summed E-state index contributed by atoms with van der Waals surface area (Å²) >= 11 is 6.84. The van der Waals surface area contributed by atoms with Crippen LogP contribution in [-0.2, 0) is 0 Å². The third-order valence-corrected chi connectivity index (χ3v) is 4.47. The Labute approximate surface area is 172 Å². The highest BCUT2D eigenvalue weighted by Gasteiger charge is 1.95. The van der Waals surface area contributed by atoms with Gasteiger partial charge in [0.1, 0.15) is 0 Å². The normalized spacial score (nSPS) is 10.7. The Morgan fingerprint density at radius 1 is 0.615 bits per heavy atom. The molecule has 2 heterocycles. The van der Waals surface area contributed by atoms with Crippen molar-refractivity contribution in [3.8, 4) is 0 Å². The van der Waals surface area contributed by atoms with Crippen LogP contribution in [0.3, 0.4) is 0 Å². The predicted molar refractivity (Wildman–Crippen MR) is 116 cm³/mol. The van der Waals surface area contributed by atoms with Gasteiger partial charge in [-0.3, -0.25) is 9.97 Å². The first-order valence-electron chi connectivity index (χ1n) is 8.84. The van der Waals surface area contributed by atoms with E-state index in [1.54, 1.807) is 12.4 Å². The van der Waals surface area contributed by atoms with Crippen LogP contribution in [0.5, 0.6) is 0 Å². The van der Waals surface area contributed by atoms with E-state index in [1.165, 1.54) is 0 Å². The Morgan fingerprint density at radius 3 is 1.50 bits per heavy atom. The predicted octanol–water partition coefficient (Wildman–Crippen LogP) is 3.49. The quantitative estimate of drug-likeness (QED) is 0.325. The van der Waals surface area contributed by atoms with E-state index < -0.39 is 0 Å². The van der Waals surface area contributed by atoms with Gasteiger partial charge in [-0.25, -0.2) is 0 Å². The van der Waals surface area contributed by atoms with Gasteiger partial charge in [0.2, 0.25) is 0 Å². The van der Waals surface area contributed by atoms with Crippen LogP contribution < -0.4 is 21.3 Å². The monoisotopic (exact) mass is 484 g/mol. The number of rotatable bonds is 13. The van der Waals surface area contributed by atoms with E-state index in [9.17, 15) is 0 Å². The van der Waals surface area contributed by atoms with Gasteiger partial charge in [0.15, 0.2) is 0 Å². The molecule has 4 N–H and O–H groups in total. The molecule has 0 fully saturated rings. The summed E-state index contributed by atoms with van der Waals surface area (Å²) in [5.41, 5.74) is 2.10. The fourth-order valence-electron chi connectivity index (χ4n) is 2.34. The fourth-order valence-corrected chi connectivity index (χ4v) is 3.07. The largest absolute Gasteiger partial charge is 0.384 e. The second-order valence-electron chi connectivity index (χ2n) is 5.84. The third-order valence-electron chi connectivity index (χ3n) is 3.61. The van der Waals surface area contributed by atoms with Crippen LogP contribution in [0, 0.1) is 0 Å². The molecule has 0 atom stereocenters. The molecule has 0 bridgehead atoms. The molecule has 0 spiro atoms. The van der Waals surface area contributed by atoms with Gasteiger partial charge >= 0.3 is 0 Å². The molecule has 0 amide bonds. The second-order valence-corrected chi connectivity index (χ2v) is 7.68. The molecule has 0 aromatic carbocycles. The summed E-state index contributed by atoms with van der Waals surface area (Å²) in [5.74, 6) is 0. The Kier molecular flexibility index (Phi) is 10.6. The van der Waals surface area contributed by atoms with Gasteiger partial charge in [0.25, 0.3) is 0 Å². The number of hydrogen-bond donors (Lipinski definition) is 4. The molecule has 26 heavy (non-hydrogen) atoms. The lowest BCUT2D eigenvalue weighted by atomic mass is 10.3. The summed E-state index contributed by atoms with van der Waals surface area (Å²) in [5, 5.41) is 13.6. The van der Waals surface area contributed by atoms with E-state index in [1.807, 2.05) is 24.5 Å². The highest BCUT2D eigenvalue weighted by Crippen LogP contribution is 2.14. The molecule has 142 valence electrons. The molecule has 0 radical (unpaired) electrons. The number of nitrogens with one attached hydrogen (secondary N) is 4. The van der Waals surface area contributed by atoms with E-state index in [-0.39, 0.29) is 0 Å². The minimum atomic E-state index is 0.939. The number of nitrogens with zero attached hydrogens (tertiary/aromatic N) is 2. The Hall–Kier alpha value is -1.22. The SMILES string of the molecule is Brc1cncc(NCCCNCCNCCCNc2cncc(Br)c2)c1. The first-order valence-corrected chi connectivity index (χ1v) is 10.4. The molecule has 2 aromatic rings. The molecule has 2 aromatic heterocycles. The number of halogens is 2. The molecular weight excluding hydrogens is 460 g/mol. The zero-order valence-electron chi connectivity index (χ0n) is 14.8. The van der Waals surface area contributed by atoms with Crippen LogP contribution in [0.1, 0.15) is 12.8 Å². The summed E-state index contributed by atoms with van der Waals surface area (Å²) in [6, 6.07) is 4.07. The molecule has 6 nitrogen and oxygen atoms in total. The van der Waals surface area contributed by atoms with Crippen LogP contribution >= 0.6 is 31.9 Å². The van der Waals surface area contributed by atoms with E-state index in [0.717, 1.165) is 72.4 Å². The van der Waals surface area contributed by atoms with E-state index in [2.05, 4.69) is 63.1 Å². The summed E-state index contributed by atoms with van der Waals surface area (Å²) in [6.07, 6.45) is 9.41. The van der Waals surface area contributed by atoms with E-state index >= 15 is 0 Å². The maximum Gasteiger partial charge on any atom is 0.0538 e. The molecule has 0 aliphatic heterocycles. The first kappa shape index (κ1) is 21.1. The zero-order chi connectivity index (χ0) is 18.5. The van der Waals surface area contributed by atoms with Crippen molar-refractivity contribution < 1.29 is 0 Å². The summed E-state index contributed by atoms with van der Waals surface area (Å²) in [4.78, 5) is 8.26. The minimum Gasteiger partial charge on any atom is -0.384 e.